The highest BCUT2D eigenvalue weighted by Gasteiger charge is 2.09. The Morgan fingerprint density at radius 3 is 2.62 bits per heavy atom. The van der Waals surface area contributed by atoms with Crippen LogP contribution in [0.2, 0.25) is 0 Å². The van der Waals surface area contributed by atoms with Gasteiger partial charge in [0.2, 0.25) is 5.89 Å². The number of oxazole rings is 1. The molecule has 0 aliphatic carbocycles. The van der Waals surface area contributed by atoms with Gasteiger partial charge in [0, 0.05) is 23.5 Å². The van der Waals surface area contributed by atoms with Crippen molar-refractivity contribution in [3.63, 3.8) is 0 Å². The molecule has 1 amide bonds. The molecule has 0 bridgehead atoms. The van der Waals surface area contributed by atoms with Crippen molar-refractivity contribution in [1.29, 1.82) is 0 Å². The number of carbonyl (C=O) groups is 1. The van der Waals surface area contributed by atoms with E-state index in [2.05, 4.69) is 28.8 Å². The summed E-state index contributed by atoms with van der Waals surface area (Å²) < 4.78 is 10.9. The summed E-state index contributed by atoms with van der Waals surface area (Å²) in [5.74, 6) is 0.628. The van der Waals surface area contributed by atoms with Crippen LogP contribution in [0.4, 0.5) is 5.69 Å². The van der Waals surface area contributed by atoms with E-state index in [1.54, 1.807) is 25.3 Å². The maximum absolute atomic E-state index is 11.1. The fourth-order valence-corrected chi connectivity index (χ4v) is 3.04. The van der Waals surface area contributed by atoms with Crippen molar-refractivity contribution in [2.75, 3.05) is 12.4 Å². The Bertz CT molecular complexity index is 1350. The number of aromatic nitrogens is 1. The molecule has 0 atom stereocenters. The Morgan fingerprint density at radius 1 is 1.16 bits per heavy atom. The lowest BCUT2D eigenvalue weighted by Gasteiger charge is -2.05. The van der Waals surface area contributed by atoms with Crippen LogP contribution in [0.3, 0.4) is 0 Å². The predicted octanol–water partition coefficient (Wildman–Crippen LogP) is 4.19. The summed E-state index contributed by atoms with van der Waals surface area (Å²) in [6.07, 6.45) is 3.35. The smallest absolute Gasteiger partial charge is 0.286 e. The summed E-state index contributed by atoms with van der Waals surface area (Å²) in [7, 11) is 1.55. The molecule has 2 N–H and O–H groups in total. The number of amides is 1. The Labute approximate surface area is 191 Å². The highest BCUT2D eigenvalue weighted by atomic mass is 32.1. The Morgan fingerprint density at radius 2 is 1.94 bits per heavy atom. The molecule has 0 fully saturated rings. The molecule has 2 aromatic heterocycles. The van der Waals surface area contributed by atoms with E-state index in [4.69, 9.17) is 21.1 Å². The van der Waals surface area contributed by atoms with Gasteiger partial charge in [-0.15, -0.1) is 0 Å². The number of rotatable bonds is 5. The van der Waals surface area contributed by atoms with Gasteiger partial charge in [-0.25, -0.2) is 4.98 Å². The van der Waals surface area contributed by atoms with Crippen LogP contribution < -0.4 is 21.3 Å². The number of hydrogen-bond acceptors (Lipinski definition) is 5. The van der Waals surface area contributed by atoms with Crippen LogP contribution in [-0.2, 0) is 0 Å². The van der Waals surface area contributed by atoms with Gasteiger partial charge in [0.05, 0.1) is 5.49 Å². The second kappa shape index (κ2) is 10.4. The molecule has 2 heterocycles. The van der Waals surface area contributed by atoms with E-state index in [0.29, 0.717) is 11.3 Å². The van der Waals surface area contributed by atoms with Crippen molar-refractivity contribution >= 4 is 53.1 Å². The van der Waals surface area contributed by atoms with Crippen LogP contribution in [-0.4, -0.2) is 23.4 Å². The minimum Gasteiger partial charge on any atom is -0.452 e. The average molecular weight is 446 g/mol. The van der Waals surface area contributed by atoms with Crippen molar-refractivity contribution in [3.05, 3.63) is 83.1 Å². The zero-order valence-corrected chi connectivity index (χ0v) is 18.7. The number of nitrogens with one attached hydrogen (secondary N) is 2. The quantitative estimate of drug-likeness (QED) is 0.449. The number of benzene rings is 2. The SMILES string of the molecule is C=C/C=c1/cc(C(=O)NC)oc1=C.Cc1ccc(-c2nc3ccccc3o2)cc1NC=S. The molecular weight excluding hydrogens is 422 g/mol. The summed E-state index contributed by atoms with van der Waals surface area (Å²) in [4.78, 5) is 15.6. The number of hydrogen-bond donors (Lipinski definition) is 2. The number of carbonyl (C=O) groups excluding carboxylic acids is 1. The van der Waals surface area contributed by atoms with Crippen LogP contribution in [0.15, 0.2) is 70.0 Å². The van der Waals surface area contributed by atoms with E-state index in [0.717, 1.165) is 33.1 Å². The molecule has 0 aliphatic rings. The Kier molecular flexibility index (Phi) is 7.36. The van der Waals surface area contributed by atoms with Gasteiger partial charge in [-0.2, -0.15) is 0 Å². The van der Waals surface area contributed by atoms with E-state index in [1.807, 2.05) is 49.4 Å². The fourth-order valence-electron chi connectivity index (χ4n) is 2.92. The zero-order chi connectivity index (χ0) is 23.1. The van der Waals surface area contributed by atoms with E-state index in [1.165, 1.54) is 5.49 Å². The molecule has 0 radical (unpaired) electrons. The van der Waals surface area contributed by atoms with Gasteiger partial charge in [-0.3, -0.25) is 4.79 Å². The lowest BCUT2D eigenvalue weighted by atomic mass is 10.1. The molecule has 0 aliphatic heterocycles. The van der Waals surface area contributed by atoms with Gasteiger partial charge in [0.15, 0.2) is 11.3 Å². The van der Waals surface area contributed by atoms with Crippen LogP contribution in [0.1, 0.15) is 16.1 Å². The van der Waals surface area contributed by atoms with E-state index < -0.39 is 0 Å². The van der Waals surface area contributed by atoms with Crippen molar-refractivity contribution < 1.29 is 13.6 Å². The van der Waals surface area contributed by atoms with Crippen LogP contribution >= 0.6 is 12.2 Å². The number of fused-ring (bicyclic) bond motifs is 1. The molecule has 0 unspecified atom stereocenters. The summed E-state index contributed by atoms with van der Waals surface area (Å²) >= 11 is 4.83. The minimum atomic E-state index is -0.256. The maximum Gasteiger partial charge on any atom is 0.286 e. The van der Waals surface area contributed by atoms with Gasteiger partial charge in [-0.05, 0) is 42.8 Å². The number of furan rings is 1. The van der Waals surface area contributed by atoms with E-state index in [9.17, 15) is 4.79 Å². The molecule has 0 saturated carbocycles. The van der Waals surface area contributed by atoms with E-state index in [-0.39, 0.29) is 11.7 Å². The highest BCUT2D eigenvalue weighted by molar-refractivity contribution is 7.79. The molecule has 7 heteroatoms. The summed E-state index contributed by atoms with van der Waals surface area (Å²) in [5, 5.41) is 6.28. The number of anilines is 1. The second-order valence-corrected chi connectivity index (χ2v) is 6.98. The van der Waals surface area contributed by atoms with Gasteiger partial charge >= 0.3 is 0 Å². The molecule has 6 nitrogen and oxygen atoms in total. The van der Waals surface area contributed by atoms with Crippen molar-refractivity contribution in [1.82, 2.24) is 10.3 Å². The van der Waals surface area contributed by atoms with Gasteiger partial charge in [0.25, 0.3) is 5.91 Å². The maximum atomic E-state index is 11.1. The first-order chi connectivity index (χ1) is 15.5. The molecule has 2 aromatic carbocycles. The molecule has 4 rings (SSSR count). The third-order valence-corrected chi connectivity index (χ3v) is 4.70. The standard InChI is InChI=1S/C15H12N2OS.C10H11NO2/c1-10-6-7-11(8-13(10)16-9-19)15-17-12-4-2-3-5-14(12)18-15;1-4-5-8-6-9(10(12)11-3)13-7(8)2/h2-9H,1H3,(H,16,19);4-6H,1-2H2,3H3,(H,11,12)/b;8-5-. The molecule has 4 aromatic rings. The minimum absolute atomic E-state index is 0.256. The first-order valence-electron chi connectivity index (χ1n) is 9.77. The topological polar surface area (TPSA) is 80.3 Å². The Hall–Kier alpha value is -3.97. The summed E-state index contributed by atoms with van der Waals surface area (Å²) in [5.41, 5.74) is 6.65. The van der Waals surface area contributed by atoms with Gasteiger partial charge in [0.1, 0.15) is 10.9 Å². The van der Waals surface area contributed by atoms with Crippen LogP contribution in [0, 0.1) is 6.92 Å². The lowest BCUT2D eigenvalue weighted by molar-refractivity contribution is 0.0934. The largest absolute Gasteiger partial charge is 0.452 e. The summed E-state index contributed by atoms with van der Waals surface area (Å²) in [6, 6.07) is 15.4. The second-order valence-electron chi connectivity index (χ2n) is 6.75. The van der Waals surface area contributed by atoms with Crippen LogP contribution in [0.25, 0.3) is 35.2 Å². The monoisotopic (exact) mass is 445 g/mol. The van der Waals surface area contributed by atoms with Crippen molar-refractivity contribution in [2.45, 2.75) is 6.92 Å². The third-order valence-electron chi connectivity index (χ3n) is 4.58. The summed E-state index contributed by atoms with van der Waals surface area (Å²) in [6.45, 7) is 9.22. The molecule has 0 saturated heterocycles. The van der Waals surface area contributed by atoms with E-state index >= 15 is 0 Å². The average Bonchev–Trinajstić information content (AvgIpc) is 3.39. The Balaban J connectivity index is 0.000000195. The zero-order valence-electron chi connectivity index (χ0n) is 17.8. The number of aryl methyl sites for hydroxylation is 1. The molecular formula is C25H23N3O3S. The molecule has 32 heavy (non-hydrogen) atoms. The first kappa shape index (κ1) is 22.7. The van der Waals surface area contributed by atoms with Crippen molar-refractivity contribution in [3.8, 4) is 11.5 Å². The van der Waals surface area contributed by atoms with Gasteiger partial charge < -0.3 is 19.5 Å². The molecule has 0 spiro atoms. The highest BCUT2D eigenvalue weighted by Crippen LogP contribution is 2.27. The lowest BCUT2D eigenvalue weighted by Crippen LogP contribution is -2.17. The number of para-hydroxylation sites is 2. The number of allylic oxidation sites excluding steroid dienone is 1. The number of thiocarbonyl (C=S) groups is 1. The first-order valence-corrected chi connectivity index (χ1v) is 10.2. The van der Waals surface area contributed by atoms with Crippen molar-refractivity contribution in [2.24, 2.45) is 0 Å². The molecule has 162 valence electrons. The third kappa shape index (κ3) is 5.19. The normalized spacial score (nSPS) is 10.9. The van der Waals surface area contributed by atoms with Gasteiger partial charge in [-0.1, -0.05) is 55.7 Å². The number of nitrogens with zero attached hydrogens (tertiary/aromatic N) is 1. The fraction of sp³-hybridized carbons (Fsp3) is 0.0800. The van der Waals surface area contributed by atoms with Crippen LogP contribution in [0.5, 0.6) is 0 Å². The predicted molar refractivity (Wildman–Crippen MR) is 133 cm³/mol.